The molecule has 0 aliphatic heterocycles. The Hall–Kier alpha value is -1.61. The number of aryl methyl sites for hydroxylation is 1. The van der Waals surface area contributed by atoms with Crippen molar-refractivity contribution in [2.75, 3.05) is 0 Å². The number of benzene rings is 1. The van der Waals surface area contributed by atoms with E-state index in [9.17, 15) is 5.11 Å². The van der Waals surface area contributed by atoms with Gasteiger partial charge in [0.1, 0.15) is 5.75 Å². The number of hydrogen-bond acceptors (Lipinski definition) is 3. The molecular formula is C11H9ClN2O. The van der Waals surface area contributed by atoms with E-state index in [2.05, 4.69) is 10.2 Å². The molecular weight excluding hydrogens is 212 g/mol. The standard InChI is InChI=1S/C11H9ClN2O/c1-7-6-8(2-4-10(7)15)9-3-5-11(12)14-13-9/h2-6,15H,1H3. The number of rotatable bonds is 1. The Labute approximate surface area is 92.4 Å². The highest BCUT2D eigenvalue weighted by Gasteiger charge is 2.02. The van der Waals surface area contributed by atoms with Gasteiger partial charge in [0, 0.05) is 5.56 Å². The largest absolute Gasteiger partial charge is 0.508 e. The molecule has 1 aromatic heterocycles. The summed E-state index contributed by atoms with van der Waals surface area (Å²) in [5, 5.41) is 17.5. The van der Waals surface area contributed by atoms with Crippen LogP contribution in [0.25, 0.3) is 11.3 Å². The second-order valence-corrected chi connectivity index (χ2v) is 3.63. The van der Waals surface area contributed by atoms with Crippen LogP contribution in [0.4, 0.5) is 0 Å². The second kappa shape index (κ2) is 3.87. The van der Waals surface area contributed by atoms with Crippen LogP contribution in [-0.4, -0.2) is 15.3 Å². The lowest BCUT2D eigenvalue weighted by atomic mass is 10.1. The first-order valence-electron chi connectivity index (χ1n) is 4.46. The van der Waals surface area contributed by atoms with Gasteiger partial charge in [0.05, 0.1) is 5.69 Å². The van der Waals surface area contributed by atoms with Crippen LogP contribution in [0.2, 0.25) is 5.15 Å². The Morgan fingerprint density at radius 1 is 1.13 bits per heavy atom. The molecule has 0 radical (unpaired) electrons. The van der Waals surface area contributed by atoms with Gasteiger partial charge in [0.15, 0.2) is 5.15 Å². The fraction of sp³-hybridized carbons (Fsp3) is 0.0909. The van der Waals surface area contributed by atoms with Gasteiger partial charge in [-0.2, -0.15) is 0 Å². The van der Waals surface area contributed by atoms with Gasteiger partial charge in [-0.3, -0.25) is 0 Å². The van der Waals surface area contributed by atoms with E-state index in [0.717, 1.165) is 16.8 Å². The minimum absolute atomic E-state index is 0.278. The number of hydrogen-bond donors (Lipinski definition) is 1. The van der Waals surface area contributed by atoms with Crippen molar-refractivity contribution >= 4 is 11.6 Å². The number of nitrogens with zero attached hydrogens (tertiary/aromatic N) is 2. The number of aromatic nitrogens is 2. The van der Waals surface area contributed by atoms with E-state index in [4.69, 9.17) is 11.6 Å². The molecule has 0 bridgehead atoms. The maximum Gasteiger partial charge on any atom is 0.151 e. The fourth-order valence-corrected chi connectivity index (χ4v) is 1.39. The average molecular weight is 221 g/mol. The van der Waals surface area contributed by atoms with Crippen LogP contribution in [0.1, 0.15) is 5.56 Å². The van der Waals surface area contributed by atoms with Crippen molar-refractivity contribution in [1.29, 1.82) is 0 Å². The van der Waals surface area contributed by atoms with Crippen molar-refractivity contribution < 1.29 is 5.11 Å². The lowest BCUT2D eigenvalue weighted by molar-refractivity contribution is 0.471. The lowest BCUT2D eigenvalue weighted by Gasteiger charge is -2.02. The maximum atomic E-state index is 9.38. The molecule has 0 aliphatic carbocycles. The third-order valence-corrected chi connectivity index (χ3v) is 2.33. The molecule has 2 aromatic rings. The molecule has 0 atom stereocenters. The van der Waals surface area contributed by atoms with Gasteiger partial charge in [-0.15, -0.1) is 10.2 Å². The van der Waals surface area contributed by atoms with Gasteiger partial charge in [-0.05, 0) is 42.8 Å². The summed E-state index contributed by atoms with van der Waals surface area (Å²) >= 11 is 5.64. The summed E-state index contributed by atoms with van der Waals surface area (Å²) in [5.74, 6) is 0.278. The van der Waals surface area contributed by atoms with Gasteiger partial charge in [0.2, 0.25) is 0 Å². The van der Waals surface area contributed by atoms with E-state index < -0.39 is 0 Å². The normalized spacial score (nSPS) is 10.3. The summed E-state index contributed by atoms with van der Waals surface area (Å²) in [4.78, 5) is 0. The monoisotopic (exact) mass is 220 g/mol. The summed E-state index contributed by atoms with van der Waals surface area (Å²) in [5.41, 5.74) is 2.46. The molecule has 1 heterocycles. The minimum atomic E-state index is 0.278. The van der Waals surface area contributed by atoms with E-state index in [1.54, 1.807) is 24.3 Å². The van der Waals surface area contributed by atoms with E-state index >= 15 is 0 Å². The molecule has 15 heavy (non-hydrogen) atoms. The third-order valence-electron chi connectivity index (χ3n) is 2.12. The highest BCUT2D eigenvalue weighted by Crippen LogP contribution is 2.23. The van der Waals surface area contributed by atoms with Crippen LogP contribution < -0.4 is 0 Å². The van der Waals surface area contributed by atoms with Gasteiger partial charge in [-0.1, -0.05) is 11.6 Å². The molecule has 0 saturated heterocycles. The minimum Gasteiger partial charge on any atom is -0.508 e. The Kier molecular flexibility index (Phi) is 2.56. The van der Waals surface area contributed by atoms with Crippen LogP contribution in [0.3, 0.4) is 0 Å². The topological polar surface area (TPSA) is 46.0 Å². The van der Waals surface area contributed by atoms with Gasteiger partial charge >= 0.3 is 0 Å². The zero-order chi connectivity index (χ0) is 10.8. The molecule has 3 nitrogen and oxygen atoms in total. The van der Waals surface area contributed by atoms with Crippen molar-refractivity contribution in [3.8, 4) is 17.0 Å². The summed E-state index contributed by atoms with van der Waals surface area (Å²) in [7, 11) is 0. The molecule has 0 fully saturated rings. The summed E-state index contributed by atoms with van der Waals surface area (Å²) in [6.45, 7) is 1.84. The molecule has 0 aliphatic rings. The number of phenols is 1. The fourth-order valence-electron chi connectivity index (χ4n) is 1.28. The van der Waals surface area contributed by atoms with Crippen LogP contribution in [0, 0.1) is 6.92 Å². The van der Waals surface area contributed by atoms with E-state index in [-0.39, 0.29) is 5.75 Å². The quantitative estimate of drug-likeness (QED) is 0.804. The van der Waals surface area contributed by atoms with E-state index in [1.807, 2.05) is 13.0 Å². The Balaban J connectivity index is 2.45. The first kappa shape index (κ1) is 9.93. The molecule has 0 unspecified atom stereocenters. The summed E-state index contributed by atoms with van der Waals surface area (Å²) in [6, 6.07) is 8.77. The Morgan fingerprint density at radius 2 is 1.93 bits per heavy atom. The van der Waals surface area contributed by atoms with Crippen molar-refractivity contribution in [2.45, 2.75) is 6.92 Å². The predicted molar refractivity (Wildman–Crippen MR) is 58.9 cm³/mol. The van der Waals surface area contributed by atoms with Crippen LogP contribution in [0.15, 0.2) is 30.3 Å². The number of halogens is 1. The molecule has 1 N–H and O–H groups in total. The lowest BCUT2D eigenvalue weighted by Crippen LogP contribution is -1.87. The Morgan fingerprint density at radius 3 is 2.53 bits per heavy atom. The average Bonchev–Trinajstić information content (AvgIpc) is 2.23. The van der Waals surface area contributed by atoms with Crippen LogP contribution >= 0.6 is 11.6 Å². The SMILES string of the molecule is Cc1cc(-c2ccc(Cl)nn2)ccc1O. The summed E-state index contributed by atoms with van der Waals surface area (Å²) < 4.78 is 0. The molecule has 0 amide bonds. The summed E-state index contributed by atoms with van der Waals surface area (Å²) in [6.07, 6.45) is 0. The van der Waals surface area contributed by atoms with Crippen molar-refractivity contribution in [3.63, 3.8) is 0 Å². The van der Waals surface area contributed by atoms with E-state index in [0.29, 0.717) is 5.15 Å². The van der Waals surface area contributed by atoms with Gasteiger partial charge in [0.25, 0.3) is 0 Å². The van der Waals surface area contributed by atoms with Crippen LogP contribution in [0.5, 0.6) is 5.75 Å². The zero-order valence-electron chi connectivity index (χ0n) is 8.11. The predicted octanol–water partition coefficient (Wildman–Crippen LogP) is 2.81. The van der Waals surface area contributed by atoms with Crippen LogP contribution in [-0.2, 0) is 0 Å². The highest BCUT2D eigenvalue weighted by molar-refractivity contribution is 6.29. The molecule has 0 saturated carbocycles. The van der Waals surface area contributed by atoms with Gasteiger partial charge < -0.3 is 5.11 Å². The van der Waals surface area contributed by atoms with Gasteiger partial charge in [-0.25, -0.2) is 0 Å². The van der Waals surface area contributed by atoms with E-state index in [1.165, 1.54) is 0 Å². The number of aromatic hydroxyl groups is 1. The molecule has 2 rings (SSSR count). The molecule has 0 spiro atoms. The smallest absolute Gasteiger partial charge is 0.151 e. The molecule has 4 heteroatoms. The Bertz CT molecular complexity index is 482. The molecule has 1 aromatic carbocycles. The molecule has 76 valence electrons. The zero-order valence-corrected chi connectivity index (χ0v) is 8.86. The highest BCUT2D eigenvalue weighted by atomic mass is 35.5. The van der Waals surface area contributed by atoms with Crippen molar-refractivity contribution in [3.05, 3.63) is 41.0 Å². The van der Waals surface area contributed by atoms with Crippen molar-refractivity contribution in [1.82, 2.24) is 10.2 Å². The van der Waals surface area contributed by atoms with Crippen molar-refractivity contribution in [2.24, 2.45) is 0 Å². The second-order valence-electron chi connectivity index (χ2n) is 3.24. The first-order valence-corrected chi connectivity index (χ1v) is 4.84. The number of phenolic OH excluding ortho intramolecular Hbond substituents is 1. The maximum absolute atomic E-state index is 9.38. The first-order chi connectivity index (χ1) is 7.16. The third kappa shape index (κ3) is 2.07.